The van der Waals surface area contributed by atoms with Gasteiger partial charge in [0.15, 0.2) is 0 Å². The Kier molecular flexibility index (Phi) is 5.28. The summed E-state index contributed by atoms with van der Waals surface area (Å²) in [7, 11) is 0. The highest BCUT2D eigenvalue weighted by atomic mass is 19.4. The average Bonchev–Trinajstić information content (AvgIpc) is 2.66. The summed E-state index contributed by atoms with van der Waals surface area (Å²) < 4.78 is 44.2. The fourth-order valence-electron chi connectivity index (χ4n) is 2.63. The number of hydrogen-bond donors (Lipinski definition) is 1. The molecule has 3 aromatic carbocycles. The monoisotopic (exact) mass is 357 g/mol. The van der Waals surface area contributed by atoms with Crippen molar-refractivity contribution in [3.8, 4) is 16.9 Å². The molecule has 0 aromatic heterocycles. The molecule has 5 heteroatoms. The van der Waals surface area contributed by atoms with Gasteiger partial charge in [0.1, 0.15) is 12.4 Å². The fraction of sp³-hybridized carbons (Fsp3) is 0.143. The van der Waals surface area contributed by atoms with Crippen molar-refractivity contribution in [2.45, 2.75) is 19.3 Å². The molecule has 0 saturated carbocycles. The van der Waals surface area contributed by atoms with Crippen molar-refractivity contribution in [2.75, 3.05) is 0 Å². The third kappa shape index (κ3) is 4.24. The van der Waals surface area contributed by atoms with Gasteiger partial charge in [0.05, 0.1) is 5.56 Å². The number of alkyl halides is 3. The Hall–Kier alpha value is -2.79. The predicted octanol–water partition coefficient (Wildman–Crippen LogP) is 5.41. The Labute approximate surface area is 150 Å². The smallest absolute Gasteiger partial charge is 0.416 e. The maximum Gasteiger partial charge on any atom is 0.416 e. The van der Waals surface area contributed by atoms with Gasteiger partial charge in [-0.2, -0.15) is 13.2 Å². The molecule has 0 aliphatic heterocycles. The highest BCUT2D eigenvalue weighted by Crippen LogP contribution is 2.35. The molecule has 26 heavy (non-hydrogen) atoms. The summed E-state index contributed by atoms with van der Waals surface area (Å²) in [6, 6.07) is 20.2. The molecule has 2 nitrogen and oxygen atoms in total. The third-order valence-corrected chi connectivity index (χ3v) is 4.04. The molecular weight excluding hydrogens is 339 g/mol. The van der Waals surface area contributed by atoms with Crippen LogP contribution in [-0.2, 0) is 19.3 Å². The van der Waals surface area contributed by atoms with Gasteiger partial charge in [-0.3, -0.25) is 0 Å². The van der Waals surface area contributed by atoms with Crippen LogP contribution in [0.25, 0.3) is 11.1 Å². The van der Waals surface area contributed by atoms with Gasteiger partial charge < -0.3 is 10.5 Å². The Morgan fingerprint density at radius 2 is 1.50 bits per heavy atom. The minimum Gasteiger partial charge on any atom is -0.488 e. The predicted molar refractivity (Wildman–Crippen MR) is 95.5 cm³/mol. The number of rotatable bonds is 5. The van der Waals surface area contributed by atoms with Crippen molar-refractivity contribution in [3.05, 3.63) is 89.5 Å². The first kappa shape index (κ1) is 18.0. The van der Waals surface area contributed by atoms with E-state index in [1.54, 1.807) is 0 Å². The second kappa shape index (κ2) is 7.62. The van der Waals surface area contributed by atoms with Crippen LogP contribution in [0.2, 0.25) is 0 Å². The maximum atomic E-state index is 12.8. The van der Waals surface area contributed by atoms with Crippen LogP contribution in [-0.4, -0.2) is 0 Å². The van der Waals surface area contributed by atoms with E-state index < -0.39 is 11.7 Å². The highest BCUT2D eigenvalue weighted by Gasteiger charge is 2.30. The lowest BCUT2D eigenvalue weighted by molar-refractivity contribution is -0.137. The Balaban J connectivity index is 1.91. The molecule has 0 amide bonds. The zero-order valence-electron chi connectivity index (χ0n) is 14.0. The van der Waals surface area contributed by atoms with Crippen LogP contribution in [0.1, 0.15) is 16.7 Å². The number of halogens is 3. The average molecular weight is 357 g/mol. The normalized spacial score (nSPS) is 11.4. The molecule has 0 heterocycles. The zero-order valence-corrected chi connectivity index (χ0v) is 14.0. The molecule has 0 bridgehead atoms. The lowest BCUT2D eigenvalue weighted by atomic mass is 10.0. The third-order valence-electron chi connectivity index (χ3n) is 4.04. The first-order valence-corrected chi connectivity index (χ1v) is 8.15. The van der Waals surface area contributed by atoms with Crippen LogP contribution in [0.3, 0.4) is 0 Å². The maximum absolute atomic E-state index is 12.8. The Morgan fingerprint density at radius 3 is 2.12 bits per heavy atom. The molecule has 0 saturated heterocycles. The van der Waals surface area contributed by atoms with E-state index in [1.807, 2.05) is 48.5 Å². The van der Waals surface area contributed by atoms with Crippen LogP contribution in [0, 0.1) is 0 Å². The summed E-state index contributed by atoms with van der Waals surface area (Å²) in [5.74, 6) is 0.594. The summed E-state index contributed by atoms with van der Waals surface area (Å²) in [5, 5.41) is 0. The van der Waals surface area contributed by atoms with E-state index in [4.69, 9.17) is 10.5 Å². The second-order valence-electron chi connectivity index (χ2n) is 5.88. The lowest BCUT2D eigenvalue weighted by Gasteiger charge is -2.14. The largest absolute Gasteiger partial charge is 0.488 e. The molecule has 134 valence electrons. The molecule has 0 unspecified atom stereocenters. The zero-order chi connectivity index (χ0) is 18.6. The molecule has 3 rings (SSSR count). The molecule has 0 spiro atoms. The Morgan fingerprint density at radius 1 is 0.808 bits per heavy atom. The summed E-state index contributed by atoms with van der Waals surface area (Å²) in [6.45, 7) is 0.720. The van der Waals surface area contributed by atoms with Crippen molar-refractivity contribution in [2.24, 2.45) is 5.73 Å². The second-order valence-corrected chi connectivity index (χ2v) is 5.88. The van der Waals surface area contributed by atoms with E-state index in [0.717, 1.165) is 28.8 Å². The molecule has 0 radical (unpaired) electrons. The molecule has 0 aliphatic carbocycles. The molecular formula is C21H18F3NO. The fourth-order valence-corrected chi connectivity index (χ4v) is 2.63. The van der Waals surface area contributed by atoms with Gasteiger partial charge >= 0.3 is 6.18 Å². The first-order valence-electron chi connectivity index (χ1n) is 8.15. The van der Waals surface area contributed by atoms with E-state index >= 15 is 0 Å². The van der Waals surface area contributed by atoms with Crippen molar-refractivity contribution < 1.29 is 17.9 Å². The summed E-state index contributed by atoms with van der Waals surface area (Å²) in [4.78, 5) is 0. The van der Waals surface area contributed by atoms with Crippen LogP contribution >= 0.6 is 0 Å². The van der Waals surface area contributed by atoms with Gasteiger partial charge in [-0.05, 0) is 34.9 Å². The summed E-state index contributed by atoms with van der Waals surface area (Å²) in [6.07, 6.45) is -4.35. The van der Waals surface area contributed by atoms with Gasteiger partial charge in [0.2, 0.25) is 0 Å². The topological polar surface area (TPSA) is 35.2 Å². The van der Waals surface area contributed by atoms with Crippen molar-refractivity contribution in [3.63, 3.8) is 0 Å². The summed E-state index contributed by atoms with van der Waals surface area (Å²) in [5.41, 5.74) is 8.31. The van der Waals surface area contributed by atoms with Crippen molar-refractivity contribution in [1.29, 1.82) is 0 Å². The minimum absolute atomic E-state index is 0.356. The SMILES string of the molecule is NCc1ccc(-c2ccc(C(F)(F)F)cc2)c(OCc2ccccc2)c1. The van der Waals surface area contributed by atoms with Gasteiger partial charge in [-0.25, -0.2) is 0 Å². The Bertz CT molecular complexity index is 859. The number of ether oxygens (including phenoxy) is 1. The number of nitrogens with two attached hydrogens (primary N) is 1. The highest BCUT2D eigenvalue weighted by molar-refractivity contribution is 5.71. The van der Waals surface area contributed by atoms with Crippen LogP contribution in [0.4, 0.5) is 13.2 Å². The minimum atomic E-state index is -4.35. The van der Waals surface area contributed by atoms with E-state index in [9.17, 15) is 13.2 Å². The molecule has 0 aliphatic rings. The van der Waals surface area contributed by atoms with E-state index in [0.29, 0.717) is 24.5 Å². The molecule has 0 atom stereocenters. The molecule has 3 aromatic rings. The van der Waals surface area contributed by atoms with Crippen molar-refractivity contribution >= 4 is 0 Å². The van der Waals surface area contributed by atoms with Gasteiger partial charge in [-0.1, -0.05) is 54.6 Å². The van der Waals surface area contributed by atoms with E-state index in [-0.39, 0.29) is 0 Å². The van der Waals surface area contributed by atoms with Gasteiger partial charge in [0, 0.05) is 12.1 Å². The molecule has 0 fully saturated rings. The van der Waals surface area contributed by atoms with Crippen LogP contribution in [0.15, 0.2) is 72.8 Å². The molecule has 2 N–H and O–H groups in total. The standard InChI is InChI=1S/C21H18F3NO/c22-21(23,24)18-9-7-17(8-10-18)19-11-6-16(13-25)12-20(19)26-14-15-4-2-1-3-5-15/h1-12H,13-14,25H2. The quantitative estimate of drug-likeness (QED) is 0.663. The van der Waals surface area contributed by atoms with Crippen molar-refractivity contribution in [1.82, 2.24) is 0 Å². The van der Waals surface area contributed by atoms with E-state index in [2.05, 4.69) is 0 Å². The van der Waals surface area contributed by atoms with Gasteiger partial charge in [0.25, 0.3) is 0 Å². The first-order chi connectivity index (χ1) is 12.5. The number of hydrogen-bond acceptors (Lipinski definition) is 2. The lowest BCUT2D eigenvalue weighted by Crippen LogP contribution is -2.04. The van der Waals surface area contributed by atoms with Crippen LogP contribution < -0.4 is 10.5 Å². The van der Waals surface area contributed by atoms with E-state index in [1.165, 1.54) is 12.1 Å². The van der Waals surface area contributed by atoms with Gasteiger partial charge in [-0.15, -0.1) is 0 Å². The van der Waals surface area contributed by atoms with Crippen LogP contribution in [0.5, 0.6) is 5.75 Å². The number of benzene rings is 3. The summed E-state index contributed by atoms with van der Waals surface area (Å²) >= 11 is 0.